The molecule has 1 aromatic heterocycles. The quantitative estimate of drug-likeness (QED) is 0.865. The first-order valence-corrected chi connectivity index (χ1v) is 8.13. The van der Waals surface area contributed by atoms with Crippen LogP contribution in [-0.2, 0) is 23.8 Å². The van der Waals surface area contributed by atoms with Gasteiger partial charge in [-0.25, -0.2) is 0 Å². The van der Waals surface area contributed by atoms with Gasteiger partial charge >= 0.3 is 6.18 Å². The molecule has 0 radical (unpaired) electrons. The van der Waals surface area contributed by atoms with E-state index in [0.717, 1.165) is 16.3 Å². The molecule has 1 aromatic rings. The molecule has 1 N–H and O–H groups in total. The SMILES string of the molecule is CCOc1nc(C(F)(F)F)c(CSC2=CC(C)(C)ON2)c(=O)n1C. The Kier molecular flexibility index (Phi) is 5.19. The average molecular weight is 365 g/mol. The molecule has 0 bridgehead atoms. The van der Waals surface area contributed by atoms with Gasteiger partial charge in [0.15, 0.2) is 5.69 Å². The van der Waals surface area contributed by atoms with Crippen molar-refractivity contribution in [2.75, 3.05) is 6.61 Å². The molecule has 0 atom stereocenters. The summed E-state index contributed by atoms with van der Waals surface area (Å²) in [6.07, 6.45) is -3.01. The van der Waals surface area contributed by atoms with Gasteiger partial charge in [0.05, 0.1) is 17.2 Å². The molecule has 0 spiro atoms. The fourth-order valence-electron chi connectivity index (χ4n) is 2.03. The highest BCUT2D eigenvalue weighted by Gasteiger charge is 2.38. The lowest BCUT2D eigenvalue weighted by atomic mass is 10.1. The van der Waals surface area contributed by atoms with Gasteiger partial charge < -0.3 is 4.74 Å². The van der Waals surface area contributed by atoms with E-state index < -0.39 is 28.6 Å². The van der Waals surface area contributed by atoms with E-state index in [-0.39, 0.29) is 18.4 Å². The molecule has 0 saturated heterocycles. The Morgan fingerprint density at radius 2 is 2.12 bits per heavy atom. The lowest BCUT2D eigenvalue weighted by molar-refractivity contribution is -0.142. The summed E-state index contributed by atoms with van der Waals surface area (Å²) in [6, 6.07) is -0.355. The molecule has 0 aliphatic carbocycles. The minimum atomic E-state index is -4.75. The Morgan fingerprint density at radius 3 is 2.62 bits per heavy atom. The minimum absolute atomic E-state index is 0.106. The third-order valence-corrected chi connectivity index (χ3v) is 4.10. The number of halogens is 3. The number of thioether (sulfide) groups is 1. The first-order valence-electron chi connectivity index (χ1n) is 7.14. The maximum Gasteiger partial charge on any atom is 0.434 e. The molecular formula is C14H18F3N3O3S. The first-order chi connectivity index (χ1) is 11.0. The monoisotopic (exact) mass is 365 g/mol. The highest BCUT2D eigenvalue weighted by atomic mass is 32.2. The molecule has 1 aliphatic heterocycles. The van der Waals surface area contributed by atoms with E-state index in [4.69, 9.17) is 9.57 Å². The van der Waals surface area contributed by atoms with Crippen molar-refractivity contribution >= 4 is 11.8 Å². The van der Waals surface area contributed by atoms with E-state index in [1.807, 2.05) is 0 Å². The highest BCUT2D eigenvalue weighted by molar-refractivity contribution is 8.02. The number of rotatable bonds is 5. The molecule has 1 aliphatic rings. The van der Waals surface area contributed by atoms with Crippen LogP contribution in [0.3, 0.4) is 0 Å². The van der Waals surface area contributed by atoms with Crippen molar-refractivity contribution in [1.82, 2.24) is 15.0 Å². The number of aromatic nitrogens is 2. The zero-order valence-corrected chi connectivity index (χ0v) is 14.5. The minimum Gasteiger partial charge on any atom is -0.465 e. The van der Waals surface area contributed by atoms with E-state index in [0.29, 0.717) is 5.03 Å². The Balaban J connectivity index is 2.38. The molecule has 2 rings (SSSR count). The predicted molar refractivity (Wildman–Crippen MR) is 83.3 cm³/mol. The lowest BCUT2D eigenvalue weighted by Crippen LogP contribution is -2.29. The lowest BCUT2D eigenvalue weighted by Gasteiger charge is -2.15. The number of alkyl halides is 3. The number of hydrogen-bond acceptors (Lipinski definition) is 6. The summed E-state index contributed by atoms with van der Waals surface area (Å²) < 4.78 is 45.8. The van der Waals surface area contributed by atoms with E-state index in [9.17, 15) is 18.0 Å². The summed E-state index contributed by atoms with van der Waals surface area (Å²) in [5, 5.41) is 0.545. The van der Waals surface area contributed by atoms with E-state index in [1.54, 1.807) is 26.8 Å². The third kappa shape index (κ3) is 4.04. The molecule has 0 aromatic carbocycles. The predicted octanol–water partition coefficient (Wildman–Crippen LogP) is 2.59. The van der Waals surface area contributed by atoms with Crippen molar-refractivity contribution in [3.8, 4) is 6.01 Å². The van der Waals surface area contributed by atoms with Gasteiger partial charge in [-0.05, 0) is 26.8 Å². The summed E-state index contributed by atoms with van der Waals surface area (Å²) in [5.41, 5.74) is -0.361. The van der Waals surface area contributed by atoms with E-state index in [2.05, 4.69) is 10.5 Å². The van der Waals surface area contributed by atoms with Crippen LogP contribution < -0.4 is 15.8 Å². The van der Waals surface area contributed by atoms with Crippen molar-refractivity contribution in [3.05, 3.63) is 32.7 Å². The number of ether oxygens (including phenoxy) is 1. The summed E-state index contributed by atoms with van der Waals surface area (Å²) in [6.45, 7) is 5.30. The van der Waals surface area contributed by atoms with Gasteiger partial charge in [0.25, 0.3) is 11.6 Å². The third-order valence-electron chi connectivity index (χ3n) is 3.15. The van der Waals surface area contributed by atoms with Gasteiger partial charge in [0.2, 0.25) is 0 Å². The second kappa shape index (κ2) is 6.67. The number of hydrogen-bond donors (Lipinski definition) is 1. The first kappa shape index (κ1) is 18.7. The van der Waals surface area contributed by atoms with Crippen LogP contribution in [0.25, 0.3) is 0 Å². The molecule has 0 fully saturated rings. The van der Waals surface area contributed by atoms with Crippen LogP contribution in [0.2, 0.25) is 0 Å². The second-order valence-corrected chi connectivity index (χ2v) is 6.64. The van der Waals surface area contributed by atoms with Crippen LogP contribution in [0, 0.1) is 0 Å². The largest absolute Gasteiger partial charge is 0.465 e. The summed E-state index contributed by atoms with van der Waals surface area (Å²) in [7, 11) is 1.33. The van der Waals surface area contributed by atoms with Crippen molar-refractivity contribution in [3.63, 3.8) is 0 Å². The Bertz CT molecular complexity index is 714. The molecule has 24 heavy (non-hydrogen) atoms. The van der Waals surface area contributed by atoms with Crippen LogP contribution in [0.5, 0.6) is 6.01 Å². The van der Waals surface area contributed by atoms with Crippen molar-refractivity contribution < 1.29 is 22.7 Å². The average Bonchev–Trinajstić information content (AvgIpc) is 2.81. The van der Waals surface area contributed by atoms with Crippen molar-refractivity contribution in [2.24, 2.45) is 7.05 Å². The van der Waals surface area contributed by atoms with Crippen LogP contribution in [0.1, 0.15) is 32.0 Å². The van der Waals surface area contributed by atoms with Gasteiger partial charge in [-0.2, -0.15) is 18.2 Å². The fraction of sp³-hybridized carbons (Fsp3) is 0.571. The zero-order valence-electron chi connectivity index (χ0n) is 13.7. The van der Waals surface area contributed by atoms with Crippen molar-refractivity contribution in [2.45, 2.75) is 38.3 Å². The Morgan fingerprint density at radius 1 is 1.46 bits per heavy atom. The zero-order chi connectivity index (χ0) is 18.1. The standard InChI is InChI=1S/C14H18F3N3O3S/c1-5-22-12-18-10(14(15,16)17)8(11(21)20(12)4)7-24-9-6-13(2,3)23-19-9/h6,19H,5,7H2,1-4H3. The molecule has 6 nitrogen and oxygen atoms in total. The van der Waals surface area contributed by atoms with E-state index >= 15 is 0 Å². The van der Waals surface area contributed by atoms with Crippen LogP contribution in [-0.4, -0.2) is 21.8 Å². The Labute approximate surface area is 141 Å². The maximum absolute atomic E-state index is 13.3. The maximum atomic E-state index is 13.3. The van der Waals surface area contributed by atoms with E-state index in [1.165, 1.54) is 7.05 Å². The summed E-state index contributed by atoms with van der Waals surface area (Å²) in [4.78, 5) is 21.1. The summed E-state index contributed by atoms with van der Waals surface area (Å²) >= 11 is 1.04. The number of nitrogens with one attached hydrogen (secondary N) is 1. The number of nitrogens with zero attached hydrogens (tertiary/aromatic N) is 2. The number of hydroxylamine groups is 1. The van der Waals surface area contributed by atoms with Gasteiger partial charge in [-0.3, -0.25) is 19.7 Å². The Hall–Kier alpha value is -1.68. The molecule has 0 saturated carbocycles. The molecule has 2 heterocycles. The fourth-order valence-corrected chi connectivity index (χ4v) is 3.06. The normalized spacial score (nSPS) is 16.7. The van der Waals surface area contributed by atoms with Gasteiger partial charge in [0.1, 0.15) is 5.60 Å². The molecule has 0 unspecified atom stereocenters. The molecule has 10 heteroatoms. The molecule has 0 amide bonds. The summed E-state index contributed by atoms with van der Waals surface area (Å²) in [5.74, 6) is -0.195. The highest BCUT2D eigenvalue weighted by Crippen LogP contribution is 2.34. The smallest absolute Gasteiger partial charge is 0.434 e. The van der Waals surface area contributed by atoms with Crippen LogP contribution in [0.15, 0.2) is 15.9 Å². The van der Waals surface area contributed by atoms with Gasteiger partial charge in [-0.15, -0.1) is 11.8 Å². The molecular weight excluding hydrogens is 347 g/mol. The second-order valence-electron chi connectivity index (χ2n) is 5.62. The van der Waals surface area contributed by atoms with Gasteiger partial charge in [-0.1, -0.05) is 0 Å². The van der Waals surface area contributed by atoms with Gasteiger partial charge in [0, 0.05) is 12.8 Å². The van der Waals surface area contributed by atoms with Crippen LogP contribution >= 0.6 is 11.8 Å². The molecule has 134 valence electrons. The van der Waals surface area contributed by atoms with Crippen LogP contribution in [0.4, 0.5) is 13.2 Å². The van der Waals surface area contributed by atoms with Crippen molar-refractivity contribution in [1.29, 1.82) is 0 Å². The topological polar surface area (TPSA) is 65.4 Å².